The molecule has 26 heavy (non-hydrogen) atoms. The first-order valence-corrected chi connectivity index (χ1v) is 9.77. The third-order valence-electron chi connectivity index (χ3n) is 4.00. The number of hydrogen-bond acceptors (Lipinski definition) is 3. The van der Waals surface area contributed by atoms with Crippen LogP contribution in [0.4, 0.5) is 5.69 Å². The number of amides is 1. The number of halogens is 2. The summed E-state index contributed by atoms with van der Waals surface area (Å²) in [5.74, 6) is -0.0346. The van der Waals surface area contributed by atoms with E-state index in [1.807, 2.05) is 53.7 Å². The molecular weight excluding hydrogens is 462 g/mol. The van der Waals surface area contributed by atoms with E-state index in [9.17, 15) is 4.79 Å². The molecule has 8 heteroatoms. The van der Waals surface area contributed by atoms with Crippen molar-refractivity contribution in [1.29, 1.82) is 0 Å². The molecule has 1 aromatic carbocycles. The fourth-order valence-corrected chi connectivity index (χ4v) is 3.29. The Bertz CT molecular complexity index is 932. The van der Waals surface area contributed by atoms with Crippen molar-refractivity contribution < 1.29 is 4.79 Å². The van der Waals surface area contributed by atoms with Gasteiger partial charge in [-0.05, 0) is 63.4 Å². The normalized spacial score (nSPS) is 10.9. The Morgan fingerprint density at radius 3 is 2.73 bits per heavy atom. The van der Waals surface area contributed by atoms with Gasteiger partial charge in [0.1, 0.15) is 0 Å². The van der Waals surface area contributed by atoms with Crippen molar-refractivity contribution >= 4 is 43.5 Å². The topological polar surface area (TPSA) is 64.7 Å². The van der Waals surface area contributed by atoms with Crippen LogP contribution in [0.25, 0.3) is 0 Å². The Labute approximate surface area is 168 Å². The second-order valence-corrected chi connectivity index (χ2v) is 7.77. The number of aryl methyl sites for hydroxylation is 2. The molecule has 0 unspecified atom stereocenters. The summed E-state index contributed by atoms with van der Waals surface area (Å²) in [7, 11) is 0. The average molecular weight is 481 g/mol. The molecule has 0 aliphatic carbocycles. The highest BCUT2D eigenvalue weighted by molar-refractivity contribution is 9.10. The third kappa shape index (κ3) is 4.62. The van der Waals surface area contributed by atoms with Gasteiger partial charge in [0.2, 0.25) is 5.91 Å². The van der Waals surface area contributed by atoms with Crippen LogP contribution >= 0.6 is 31.9 Å². The molecule has 0 saturated carbocycles. The van der Waals surface area contributed by atoms with Gasteiger partial charge >= 0.3 is 0 Å². The van der Waals surface area contributed by atoms with E-state index in [4.69, 9.17) is 0 Å². The Kier molecular flexibility index (Phi) is 5.93. The van der Waals surface area contributed by atoms with E-state index in [0.29, 0.717) is 19.5 Å². The van der Waals surface area contributed by atoms with Gasteiger partial charge in [-0.25, -0.2) is 0 Å². The van der Waals surface area contributed by atoms with E-state index in [-0.39, 0.29) is 5.91 Å². The molecule has 0 saturated heterocycles. The third-order valence-corrected chi connectivity index (χ3v) is 5.56. The van der Waals surface area contributed by atoms with E-state index in [1.165, 1.54) is 0 Å². The van der Waals surface area contributed by atoms with Gasteiger partial charge in [-0.2, -0.15) is 10.2 Å². The lowest BCUT2D eigenvalue weighted by Gasteiger charge is -2.09. The van der Waals surface area contributed by atoms with Crippen LogP contribution < -0.4 is 5.32 Å². The van der Waals surface area contributed by atoms with Crippen LogP contribution in [0.1, 0.15) is 23.4 Å². The van der Waals surface area contributed by atoms with Crippen molar-refractivity contribution in [3.8, 4) is 0 Å². The highest BCUT2D eigenvalue weighted by Crippen LogP contribution is 2.20. The first-order valence-electron chi connectivity index (χ1n) is 8.18. The molecule has 136 valence electrons. The fraction of sp³-hybridized carbons (Fsp3) is 0.278. The van der Waals surface area contributed by atoms with E-state index in [0.717, 1.165) is 31.6 Å². The maximum atomic E-state index is 12.3. The number of benzene rings is 1. The van der Waals surface area contributed by atoms with Crippen molar-refractivity contribution in [3.05, 3.63) is 62.6 Å². The molecule has 0 atom stereocenters. The number of hydrogen-bond donors (Lipinski definition) is 1. The minimum absolute atomic E-state index is 0.0346. The largest absolute Gasteiger partial charge is 0.326 e. The van der Waals surface area contributed by atoms with Gasteiger partial charge in [-0.1, -0.05) is 12.1 Å². The van der Waals surface area contributed by atoms with E-state index < -0.39 is 0 Å². The van der Waals surface area contributed by atoms with Crippen LogP contribution in [0.5, 0.6) is 0 Å². The fourth-order valence-electron chi connectivity index (χ4n) is 2.68. The molecule has 0 aliphatic rings. The molecule has 0 radical (unpaired) electrons. The van der Waals surface area contributed by atoms with Crippen molar-refractivity contribution in [1.82, 2.24) is 19.6 Å². The molecule has 2 aromatic heterocycles. The van der Waals surface area contributed by atoms with E-state index in [1.54, 1.807) is 6.20 Å². The zero-order valence-corrected chi connectivity index (χ0v) is 17.7. The summed E-state index contributed by atoms with van der Waals surface area (Å²) in [5, 5.41) is 11.6. The van der Waals surface area contributed by atoms with Gasteiger partial charge in [0, 0.05) is 24.0 Å². The predicted molar refractivity (Wildman–Crippen MR) is 108 cm³/mol. The van der Waals surface area contributed by atoms with Gasteiger partial charge in [0.05, 0.1) is 33.9 Å². The summed E-state index contributed by atoms with van der Waals surface area (Å²) >= 11 is 6.89. The number of carbonyl (C=O) groups is 1. The smallest absolute Gasteiger partial charge is 0.226 e. The maximum Gasteiger partial charge on any atom is 0.226 e. The van der Waals surface area contributed by atoms with Gasteiger partial charge in [-0.3, -0.25) is 14.2 Å². The first-order chi connectivity index (χ1) is 12.4. The Hall–Kier alpha value is -1.93. The number of nitrogens with zero attached hydrogens (tertiary/aromatic N) is 4. The summed E-state index contributed by atoms with van der Waals surface area (Å²) in [5.41, 5.74) is 3.82. The zero-order chi connectivity index (χ0) is 18.7. The number of carbonyl (C=O) groups excluding carboxylic acids is 1. The summed E-state index contributed by atoms with van der Waals surface area (Å²) in [6.45, 7) is 5.12. The molecule has 3 rings (SSSR count). The van der Waals surface area contributed by atoms with Crippen LogP contribution in [0, 0.1) is 13.8 Å². The van der Waals surface area contributed by atoms with Crippen LogP contribution in [-0.2, 0) is 17.9 Å². The average Bonchev–Trinajstić information content (AvgIpc) is 3.11. The summed E-state index contributed by atoms with van der Waals surface area (Å²) in [6, 6.07) is 7.80. The van der Waals surface area contributed by atoms with Gasteiger partial charge in [0.15, 0.2) is 0 Å². The highest BCUT2D eigenvalue weighted by atomic mass is 79.9. The van der Waals surface area contributed by atoms with Crippen LogP contribution in [0.2, 0.25) is 0 Å². The van der Waals surface area contributed by atoms with Crippen molar-refractivity contribution in [2.75, 3.05) is 5.32 Å². The number of rotatable bonds is 6. The second-order valence-electron chi connectivity index (χ2n) is 6.06. The standard InChI is InChI=1S/C18H19Br2N5O/c1-12-18(20)13(2)25(23-12)7-6-17(26)22-16-5-3-4-14(8-16)10-24-11-15(19)9-21-24/h3-5,8-9,11H,6-7,10H2,1-2H3,(H,22,26). The van der Waals surface area contributed by atoms with E-state index in [2.05, 4.69) is 47.4 Å². The maximum absolute atomic E-state index is 12.3. The molecule has 1 N–H and O–H groups in total. The molecule has 0 bridgehead atoms. The van der Waals surface area contributed by atoms with Gasteiger partial charge in [0.25, 0.3) is 0 Å². The van der Waals surface area contributed by atoms with Crippen LogP contribution in [0.15, 0.2) is 45.6 Å². The first kappa shape index (κ1) is 18.8. The molecule has 0 spiro atoms. The van der Waals surface area contributed by atoms with Crippen molar-refractivity contribution in [2.45, 2.75) is 33.4 Å². The van der Waals surface area contributed by atoms with Crippen molar-refractivity contribution in [3.63, 3.8) is 0 Å². The molecule has 2 heterocycles. The summed E-state index contributed by atoms with van der Waals surface area (Å²) < 4.78 is 5.63. The van der Waals surface area contributed by atoms with E-state index >= 15 is 0 Å². The quantitative estimate of drug-likeness (QED) is 0.572. The van der Waals surface area contributed by atoms with Crippen LogP contribution in [0.3, 0.4) is 0 Å². The van der Waals surface area contributed by atoms with Crippen molar-refractivity contribution in [2.24, 2.45) is 0 Å². The number of anilines is 1. The summed E-state index contributed by atoms with van der Waals surface area (Å²) in [6.07, 6.45) is 4.03. The molecule has 0 fully saturated rings. The molecule has 6 nitrogen and oxygen atoms in total. The minimum Gasteiger partial charge on any atom is -0.326 e. The molecular formula is C18H19Br2N5O. The lowest BCUT2D eigenvalue weighted by Crippen LogP contribution is -2.15. The molecule has 3 aromatic rings. The lowest BCUT2D eigenvalue weighted by atomic mass is 10.2. The SMILES string of the molecule is Cc1nn(CCC(=O)Nc2cccc(Cn3cc(Br)cn3)c2)c(C)c1Br. The highest BCUT2D eigenvalue weighted by Gasteiger charge is 2.10. The van der Waals surface area contributed by atoms with Gasteiger partial charge < -0.3 is 5.32 Å². The summed E-state index contributed by atoms with van der Waals surface area (Å²) in [4.78, 5) is 12.3. The molecule has 1 amide bonds. The second kappa shape index (κ2) is 8.18. The predicted octanol–water partition coefficient (Wildman–Crippen LogP) is 4.30. The Morgan fingerprint density at radius 2 is 2.08 bits per heavy atom. The minimum atomic E-state index is -0.0346. The van der Waals surface area contributed by atoms with Crippen LogP contribution in [-0.4, -0.2) is 25.5 Å². The Morgan fingerprint density at radius 1 is 1.27 bits per heavy atom. The number of aromatic nitrogens is 4. The monoisotopic (exact) mass is 479 g/mol. The number of nitrogens with one attached hydrogen (secondary N) is 1. The zero-order valence-electron chi connectivity index (χ0n) is 14.5. The van der Waals surface area contributed by atoms with Gasteiger partial charge in [-0.15, -0.1) is 0 Å². The lowest BCUT2D eigenvalue weighted by molar-refractivity contribution is -0.116. The Balaban J connectivity index is 1.58. The molecule has 0 aliphatic heterocycles.